The molecule has 2 aliphatic heterocycles. The maximum atomic E-state index is 13.3. The zero-order valence-electron chi connectivity index (χ0n) is 21.1. The van der Waals surface area contributed by atoms with Gasteiger partial charge in [-0.05, 0) is 64.7 Å². The summed E-state index contributed by atoms with van der Waals surface area (Å²) >= 11 is 7.67. The molecule has 0 saturated carbocycles. The van der Waals surface area contributed by atoms with Gasteiger partial charge in [0.15, 0.2) is 0 Å². The SMILES string of the molecule is O=C(O)C(F)(F)F.O=C(O)c1csc(C2=CN=C([C@@H]3CCc4cc(-c5cc(Cl)ccc5-n5cnnn5)cc(=O)n43)C2)c1. The number of carbonyl (C=O) groups is 2. The first-order chi connectivity index (χ1) is 19.9. The highest BCUT2D eigenvalue weighted by atomic mass is 35.5. The van der Waals surface area contributed by atoms with E-state index in [1.54, 1.807) is 40.5 Å². The minimum absolute atomic E-state index is 0.108. The van der Waals surface area contributed by atoms with E-state index in [2.05, 4.69) is 20.5 Å². The molecule has 0 spiro atoms. The number of carboxylic acid groups (broad SMARTS) is 2. The van der Waals surface area contributed by atoms with Crippen LogP contribution in [0.1, 0.15) is 39.8 Å². The van der Waals surface area contributed by atoms with E-state index in [0.29, 0.717) is 11.4 Å². The van der Waals surface area contributed by atoms with Gasteiger partial charge in [0.1, 0.15) is 6.33 Å². The average Bonchev–Trinajstić information content (AvgIpc) is 3.74. The molecule has 42 heavy (non-hydrogen) atoms. The predicted molar refractivity (Wildman–Crippen MR) is 146 cm³/mol. The Kier molecular flexibility index (Phi) is 7.79. The maximum Gasteiger partial charge on any atom is 0.490 e. The van der Waals surface area contributed by atoms with Crippen molar-refractivity contribution in [2.75, 3.05) is 0 Å². The summed E-state index contributed by atoms with van der Waals surface area (Å²) in [5.74, 6) is -3.70. The highest BCUT2D eigenvalue weighted by molar-refractivity contribution is 7.11. The molecule has 11 nitrogen and oxygen atoms in total. The summed E-state index contributed by atoms with van der Waals surface area (Å²) in [6.07, 6.45) is 0.312. The number of hydrogen-bond acceptors (Lipinski definition) is 8. The van der Waals surface area contributed by atoms with E-state index in [4.69, 9.17) is 21.5 Å². The van der Waals surface area contributed by atoms with Crippen molar-refractivity contribution in [2.24, 2.45) is 4.99 Å². The molecule has 0 unspecified atom stereocenters. The lowest BCUT2D eigenvalue weighted by Crippen LogP contribution is -2.27. The number of aliphatic imine (C=N–C) groups is 1. The fourth-order valence-corrected chi connectivity index (χ4v) is 5.76. The smallest absolute Gasteiger partial charge is 0.478 e. The molecule has 2 aliphatic rings. The molecular formula is C26H18ClF3N6O5S. The highest BCUT2D eigenvalue weighted by Gasteiger charge is 2.38. The van der Waals surface area contributed by atoms with Gasteiger partial charge in [-0.15, -0.1) is 16.4 Å². The van der Waals surface area contributed by atoms with Gasteiger partial charge in [0, 0.05) is 50.9 Å². The average molecular weight is 619 g/mol. The van der Waals surface area contributed by atoms with Crippen molar-refractivity contribution in [3.05, 3.63) is 85.8 Å². The van der Waals surface area contributed by atoms with E-state index in [9.17, 15) is 27.9 Å². The Hall–Kier alpha value is -4.63. The van der Waals surface area contributed by atoms with Gasteiger partial charge in [-0.1, -0.05) is 11.6 Å². The molecule has 0 aliphatic carbocycles. The first-order valence-electron chi connectivity index (χ1n) is 12.1. The third-order valence-corrected chi connectivity index (χ3v) is 7.79. The Balaban J connectivity index is 0.000000451. The number of pyridine rings is 1. The molecule has 0 bridgehead atoms. The van der Waals surface area contributed by atoms with Crippen LogP contribution in [0.25, 0.3) is 22.4 Å². The molecule has 0 saturated heterocycles. The summed E-state index contributed by atoms with van der Waals surface area (Å²) < 4.78 is 35.1. The van der Waals surface area contributed by atoms with Crippen LogP contribution >= 0.6 is 22.9 Å². The van der Waals surface area contributed by atoms with Gasteiger partial charge in [-0.25, -0.2) is 9.59 Å². The molecular weight excluding hydrogens is 601 g/mol. The first kappa shape index (κ1) is 28.9. The van der Waals surface area contributed by atoms with E-state index in [1.807, 2.05) is 16.7 Å². The standard InChI is InChI=1S/C24H17ClN6O3S.C2HF3O2/c25-16-1-3-20(30-12-27-28-29-30)18(9-16)13-5-17-2-4-21(31(17)23(32)8-13)19-6-14(10-26-19)22-7-15(11-35-22)24(33)34;3-2(4,5)1(6)7/h1,3,5,7-12,21H,2,4,6H2,(H,33,34);(H,6,7)/t21-;/m0./s1. The summed E-state index contributed by atoms with van der Waals surface area (Å²) in [6, 6.07) is 10.6. The Morgan fingerprint density at radius 1 is 1.12 bits per heavy atom. The van der Waals surface area contributed by atoms with E-state index in [0.717, 1.165) is 51.5 Å². The Morgan fingerprint density at radius 2 is 1.88 bits per heavy atom. The molecule has 5 heterocycles. The van der Waals surface area contributed by atoms with Crippen LogP contribution in [0.3, 0.4) is 0 Å². The van der Waals surface area contributed by atoms with Gasteiger partial charge < -0.3 is 14.8 Å². The number of rotatable bonds is 5. The van der Waals surface area contributed by atoms with Crippen LogP contribution in [0, 0.1) is 0 Å². The summed E-state index contributed by atoms with van der Waals surface area (Å²) in [7, 11) is 0. The third kappa shape index (κ3) is 5.87. The van der Waals surface area contributed by atoms with Crippen molar-refractivity contribution < 1.29 is 33.0 Å². The van der Waals surface area contributed by atoms with Gasteiger partial charge in [0.2, 0.25) is 0 Å². The molecule has 6 rings (SSSR count). The van der Waals surface area contributed by atoms with Crippen LogP contribution in [-0.2, 0) is 11.2 Å². The van der Waals surface area contributed by atoms with Gasteiger partial charge in [-0.2, -0.15) is 17.9 Å². The number of halogens is 4. The van der Waals surface area contributed by atoms with Crippen LogP contribution in [0.15, 0.2) is 64.1 Å². The third-order valence-electron chi connectivity index (χ3n) is 6.55. The Bertz CT molecular complexity index is 1810. The van der Waals surface area contributed by atoms with Crippen molar-refractivity contribution in [1.82, 2.24) is 24.8 Å². The zero-order valence-corrected chi connectivity index (χ0v) is 22.7. The number of hydrogen-bond donors (Lipinski definition) is 2. The molecule has 16 heteroatoms. The molecule has 4 aromatic rings. The van der Waals surface area contributed by atoms with E-state index in [1.165, 1.54) is 17.7 Å². The first-order valence-corrected chi connectivity index (χ1v) is 13.3. The largest absolute Gasteiger partial charge is 0.490 e. The number of benzene rings is 1. The van der Waals surface area contributed by atoms with E-state index in [-0.39, 0.29) is 17.2 Å². The number of carboxylic acids is 2. The topological polar surface area (TPSA) is 153 Å². The maximum absolute atomic E-state index is 13.3. The number of aliphatic carboxylic acids is 1. The second-order valence-corrected chi connectivity index (χ2v) is 10.5. The van der Waals surface area contributed by atoms with Crippen LogP contribution in [-0.4, -0.2) is 58.8 Å². The number of allylic oxidation sites excluding steroid dienone is 1. The van der Waals surface area contributed by atoms with Crippen LogP contribution in [0.4, 0.5) is 13.2 Å². The summed E-state index contributed by atoms with van der Waals surface area (Å²) in [5, 5.41) is 29.9. The number of alkyl halides is 3. The second-order valence-electron chi connectivity index (χ2n) is 9.17. The van der Waals surface area contributed by atoms with Crippen LogP contribution < -0.4 is 5.56 Å². The van der Waals surface area contributed by atoms with Crippen molar-refractivity contribution in [1.29, 1.82) is 0 Å². The normalized spacial score (nSPS) is 15.9. The summed E-state index contributed by atoms with van der Waals surface area (Å²) in [4.78, 5) is 39.0. The van der Waals surface area contributed by atoms with Gasteiger partial charge in [0.05, 0.1) is 17.3 Å². The number of tetrazole rings is 1. The second kappa shape index (κ2) is 11.3. The lowest BCUT2D eigenvalue weighted by molar-refractivity contribution is -0.192. The van der Waals surface area contributed by atoms with E-state index < -0.39 is 18.1 Å². The minimum Gasteiger partial charge on any atom is -0.478 e. The molecule has 216 valence electrons. The van der Waals surface area contributed by atoms with Crippen LogP contribution in [0.5, 0.6) is 0 Å². The number of aryl methyl sites for hydroxylation is 1. The molecule has 0 radical (unpaired) electrons. The molecule has 1 atom stereocenters. The summed E-state index contributed by atoms with van der Waals surface area (Å²) in [5.41, 5.74) is 5.23. The Morgan fingerprint density at radius 3 is 2.52 bits per heavy atom. The molecule has 3 aromatic heterocycles. The highest BCUT2D eigenvalue weighted by Crippen LogP contribution is 2.37. The monoisotopic (exact) mass is 618 g/mol. The molecule has 0 amide bonds. The van der Waals surface area contributed by atoms with E-state index >= 15 is 0 Å². The number of aromatic nitrogens is 5. The number of fused-ring (bicyclic) bond motifs is 1. The van der Waals surface area contributed by atoms with Crippen LogP contribution in [0.2, 0.25) is 5.02 Å². The zero-order chi connectivity index (χ0) is 30.2. The number of thiophene rings is 1. The quantitative estimate of drug-likeness (QED) is 0.320. The van der Waals surface area contributed by atoms with Gasteiger partial charge >= 0.3 is 18.1 Å². The van der Waals surface area contributed by atoms with Gasteiger partial charge in [-0.3, -0.25) is 9.79 Å². The molecule has 0 fully saturated rings. The fourth-order valence-electron chi connectivity index (χ4n) is 4.70. The fraction of sp³-hybridized carbons (Fsp3) is 0.192. The number of aromatic carboxylic acids is 1. The van der Waals surface area contributed by atoms with Crippen molar-refractivity contribution in [3.8, 4) is 16.8 Å². The van der Waals surface area contributed by atoms with Crippen molar-refractivity contribution in [2.45, 2.75) is 31.5 Å². The molecule has 1 aromatic carbocycles. The van der Waals surface area contributed by atoms with Gasteiger partial charge in [0.25, 0.3) is 5.56 Å². The minimum atomic E-state index is -5.08. The summed E-state index contributed by atoms with van der Waals surface area (Å²) in [6.45, 7) is 0. The van der Waals surface area contributed by atoms with Crippen molar-refractivity contribution in [3.63, 3.8) is 0 Å². The lowest BCUT2D eigenvalue weighted by Gasteiger charge is -2.17. The predicted octanol–water partition coefficient (Wildman–Crippen LogP) is 4.91. The lowest BCUT2D eigenvalue weighted by atomic mass is 10.0. The molecule has 2 N–H and O–H groups in total. The number of nitrogens with zero attached hydrogens (tertiary/aromatic N) is 6. The van der Waals surface area contributed by atoms with Crippen molar-refractivity contribution >= 4 is 46.2 Å². The Labute approximate surface area is 242 Å².